The van der Waals surface area contributed by atoms with Crippen LogP contribution in [0.25, 0.3) is 0 Å². The van der Waals surface area contributed by atoms with Crippen LogP contribution < -0.4 is 5.32 Å². The van der Waals surface area contributed by atoms with Gasteiger partial charge in [-0.1, -0.05) is 23.9 Å². The van der Waals surface area contributed by atoms with Crippen molar-refractivity contribution in [3.8, 4) is 0 Å². The van der Waals surface area contributed by atoms with Crippen LogP contribution in [-0.4, -0.2) is 22.4 Å². The molecule has 2 aromatic heterocycles. The second-order valence-electron chi connectivity index (χ2n) is 5.03. The first-order valence-electron chi connectivity index (χ1n) is 7.29. The van der Waals surface area contributed by atoms with Crippen molar-refractivity contribution in [3.63, 3.8) is 0 Å². The summed E-state index contributed by atoms with van der Waals surface area (Å²) < 4.78 is 13.9. The molecule has 0 spiro atoms. The van der Waals surface area contributed by atoms with Crippen LogP contribution >= 0.6 is 34.4 Å². The number of hydrogen-bond donors (Lipinski definition) is 1. The molecular formula is C17H13FN2O2S3. The smallest absolute Gasteiger partial charge is 0.230 e. The van der Waals surface area contributed by atoms with Crippen molar-refractivity contribution in [3.05, 3.63) is 63.5 Å². The van der Waals surface area contributed by atoms with E-state index in [9.17, 15) is 14.0 Å². The third-order valence-corrected chi connectivity index (χ3v) is 6.08. The maximum atomic E-state index is 13.1. The summed E-state index contributed by atoms with van der Waals surface area (Å²) in [6.45, 7) is 0. The van der Waals surface area contributed by atoms with Gasteiger partial charge in [-0.15, -0.1) is 22.7 Å². The van der Waals surface area contributed by atoms with Crippen molar-refractivity contribution in [2.24, 2.45) is 0 Å². The number of benzene rings is 1. The lowest BCUT2D eigenvalue weighted by atomic mass is 10.3. The standard InChI is InChI=1S/C17H13FN2O2S3/c18-11-3-1-4-12(7-11)19-16(22)8-13-9-24-17(20-13)25-10-14(21)15-5-2-6-23-15/h1-7,9H,8,10H2,(H,19,22). The summed E-state index contributed by atoms with van der Waals surface area (Å²) in [6, 6.07) is 9.39. The monoisotopic (exact) mass is 392 g/mol. The third-order valence-electron chi connectivity index (χ3n) is 3.10. The SMILES string of the molecule is O=C(Cc1csc(SCC(=O)c2cccs2)n1)Nc1cccc(F)c1. The molecule has 3 aromatic rings. The molecule has 3 rings (SSSR count). The average Bonchev–Trinajstić information content (AvgIpc) is 3.24. The molecule has 8 heteroatoms. The highest BCUT2D eigenvalue weighted by Gasteiger charge is 2.12. The zero-order chi connectivity index (χ0) is 17.6. The van der Waals surface area contributed by atoms with Crippen molar-refractivity contribution in [2.75, 3.05) is 11.1 Å². The van der Waals surface area contributed by atoms with Crippen LogP contribution in [-0.2, 0) is 11.2 Å². The quantitative estimate of drug-likeness (QED) is 0.475. The van der Waals surface area contributed by atoms with Crippen molar-refractivity contribution >= 4 is 51.8 Å². The molecule has 0 aliphatic carbocycles. The average molecular weight is 393 g/mol. The first-order valence-corrected chi connectivity index (χ1v) is 10.0. The molecule has 1 amide bonds. The maximum absolute atomic E-state index is 13.1. The highest BCUT2D eigenvalue weighted by Crippen LogP contribution is 2.24. The summed E-state index contributed by atoms with van der Waals surface area (Å²) >= 11 is 4.19. The number of ketones is 1. The number of anilines is 1. The number of halogens is 1. The van der Waals surface area contributed by atoms with Crippen LogP contribution in [0.4, 0.5) is 10.1 Å². The Balaban J connectivity index is 1.51. The van der Waals surface area contributed by atoms with Gasteiger partial charge in [-0.2, -0.15) is 0 Å². The number of rotatable bonds is 7. The van der Waals surface area contributed by atoms with Gasteiger partial charge in [0.05, 0.1) is 22.7 Å². The van der Waals surface area contributed by atoms with Gasteiger partial charge < -0.3 is 5.32 Å². The summed E-state index contributed by atoms with van der Waals surface area (Å²) in [4.78, 5) is 29.1. The van der Waals surface area contributed by atoms with E-state index < -0.39 is 5.82 Å². The predicted molar refractivity (Wildman–Crippen MR) is 100 cm³/mol. The minimum atomic E-state index is -0.402. The molecule has 0 fully saturated rings. The van der Waals surface area contributed by atoms with Crippen molar-refractivity contribution < 1.29 is 14.0 Å². The molecule has 0 radical (unpaired) electrons. The minimum Gasteiger partial charge on any atom is -0.326 e. The zero-order valence-electron chi connectivity index (χ0n) is 12.9. The molecule has 25 heavy (non-hydrogen) atoms. The Labute approximate surface area is 156 Å². The van der Waals surface area contributed by atoms with E-state index in [2.05, 4.69) is 10.3 Å². The number of carbonyl (C=O) groups is 2. The molecule has 0 saturated carbocycles. The molecule has 1 aromatic carbocycles. The summed E-state index contributed by atoms with van der Waals surface area (Å²) in [5.74, 6) is -0.272. The number of Topliss-reactive ketones (excluding diaryl/α,β-unsaturated/α-hetero) is 1. The van der Waals surface area contributed by atoms with Gasteiger partial charge in [0.15, 0.2) is 10.1 Å². The number of amides is 1. The first-order chi connectivity index (χ1) is 12.1. The topological polar surface area (TPSA) is 59.1 Å². The fourth-order valence-corrected chi connectivity index (χ4v) is 4.49. The Kier molecular flexibility index (Phi) is 5.95. The van der Waals surface area contributed by atoms with Gasteiger partial charge in [-0.05, 0) is 29.6 Å². The summed E-state index contributed by atoms with van der Waals surface area (Å²) in [6.07, 6.45) is 0.104. The number of carbonyl (C=O) groups excluding carboxylic acids is 2. The molecule has 0 unspecified atom stereocenters. The van der Waals surface area contributed by atoms with Gasteiger partial charge in [0.2, 0.25) is 5.91 Å². The number of thioether (sulfide) groups is 1. The number of aromatic nitrogens is 1. The van der Waals surface area contributed by atoms with E-state index >= 15 is 0 Å². The van der Waals surface area contributed by atoms with E-state index in [-0.39, 0.29) is 18.1 Å². The molecule has 4 nitrogen and oxygen atoms in total. The molecule has 0 atom stereocenters. The molecule has 2 heterocycles. The second kappa shape index (κ2) is 8.37. The van der Waals surface area contributed by atoms with Crippen LogP contribution in [0.2, 0.25) is 0 Å². The summed E-state index contributed by atoms with van der Waals surface area (Å²) in [5, 5.41) is 6.30. The first kappa shape index (κ1) is 17.8. The summed E-state index contributed by atoms with van der Waals surface area (Å²) in [5.41, 5.74) is 1.04. The molecule has 0 aliphatic rings. The second-order valence-corrected chi connectivity index (χ2v) is 8.06. The van der Waals surface area contributed by atoms with Gasteiger partial charge in [0.1, 0.15) is 5.82 Å². The van der Waals surface area contributed by atoms with Crippen molar-refractivity contribution in [2.45, 2.75) is 10.8 Å². The van der Waals surface area contributed by atoms with E-state index in [1.165, 1.54) is 52.6 Å². The van der Waals surface area contributed by atoms with E-state index in [0.29, 0.717) is 17.1 Å². The minimum absolute atomic E-state index is 0.0700. The Hall–Kier alpha value is -2.03. The van der Waals surface area contributed by atoms with E-state index in [0.717, 1.165) is 9.22 Å². The van der Waals surface area contributed by atoms with Crippen LogP contribution in [0.15, 0.2) is 51.5 Å². The van der Waals surface area contributed by atoms with Crippen LogP contribution in [0.1, 0.15) is 15.4 Å². The number of nitrogens with zero attached hydrogens (tertiary/aromatic N) is 1. The largest absolute Gasteiger partial charge is 0.326 e. The van der Waals surface area contributed by atoms with E-state index in [1.807, 2.05) is 11.4 Å². The molecule has 0 aliphatic heterocycles. The Bertz CT molecular complexity index is 878. The number of nitrogens with one attached hydrogen (secondary N) is 1. The molecule has 0 bridgehead atoms. The third kappa shape index (κ3) is 5.22. The molecule has 0 saturated heterocycles. The lowest BCUT2D eigenvalue weighted by molar-refractivity contribution is -0.115. The van der Waals surface area contributed by atoms with Gasteiger partial charge in [0, 0.05) is 11.1 Å². The fourth-order valence-electron chi connectivity index (χ4n) is 2.01. The molecule has 128 valence electrons. The van der Waals surface area contributed by atoms with Crippen LogP contribution in [0, 0.1) is 5.82 Å². The Morgan fingerprint density at radius 3 is 2.84 bits per heavy atom. The zero-order valence-corrected chi connectivity index (χ0v) is 15.3. The van der Waals surface area contributed by atoms with Gasteiger partial charge in [0.25, 0.3) is 0 Å². The Morgan fingerprint density at radius 1 is 1.20 bits per heavy atom. The predicted octanol–water partition coefficient (Wildman–Crippen LogP) is 4.50. The lowest BCUT2D eigenvalue weighted by Crippen LogP contribution is -2.14. The van der Waals surface area contributed by atoms with E-state index in [4.69, 9.17) is 0 Å². The number of thiophene rings is 1. The van der Waals surface area contributed by atoms with Gasteiger partial charge >= 0.3 is 0 Å². The Morgan fingerprint density at radius 2 is 2.08 bits per heavy atom. The van der Waals surface area contributed by atoms with Crippen molar-refractivity contribution in [1.82, 2.24) is 4.98 Å². The van der Waals surface area contributed by atoms with Crippen LogP contribution in [0.3, 0.4) is 0 Å². The number of thiazole rings is 1. The lowest BCUT2D eigenvalue weighted by Gasteiger charge is -2.03. The van der Waals surface area contributed by atoms with Crippen LogP contribution in [0.5, 0.6) is 0 Å². The van der Waals surface area contributed by atoms with E-state index in [1.54, 1.807) is 17.5 Å². The fraction of sp³-hybridized carbons (Fsp3) is 0.118. The summed E-state index contributed by atoms with van der Waals surface area (Å²) in [7, 11) is 0. The molecular weight excluding hydrogens is 379 g/mol. The van der Waals surface area contributed by atoms with Gasteiger partial charge in [-0.25, -0.2) is 9.37 Å². The maximum Gasteiger partial charge on any atom is 0.230 e. The molecule has 1 N–H and O–H groups in total. The van der Waals surface area contributed by atoms with Crippen molar-refractivity contribution in [1.29, 1.82) is 0 Å². The normalized spacial score (nSPS) is 10.6. The highest BCUT2D eigenvalue weighted by molar-refractivity contribution is 8.01. The van der Waals surface area contributed by atoms with Gasteiger partial charge in [-0.3, -0.25) is 9.59 Å². The number of hydrogen-bond acceptors (Lipinski definition) is 6. The highest BCUT2D eigenvalue weighted by atomic mass is 32.2.